The molecule has 0 saturated heterocycles. The summed E-state index contributed by atoms with van der Waals surface area (Å²) in [6, 6.07) is 6.28. The van der Waals surface area contributed by atoms with Gasteiger partial charge in [-0.1, -0.05) is 35.7 Å². The lowest BCUT2D eigenvalue weighted by Gasteiger charge is -2.15. The van der Waals surface area contributed by atoms with E-state index in [2.05, 4.69) is 46.4 Å². The maximum absolute atomic E-state index is 6.01. The molecule has 0 bridgehead atoms. The van der Waals surface area contributed by atoms with Gasteiger partial charge in [-0.3, -0.25) is 0 Å². The molecular formula is C15H22BrNO. The molecule has 3 heteroatoms. The number of nitrogens with one attached hydrogen (secondary N) is 1. The second-order valence-corrected chi connectivity index (χ2v) is 5.91. The highest BCUT2D eigenvalue weighted by molar-refractivity contribution is 9.10. The van der Waals surface area contributed by atoms with Crippen LogP contribution in [0.1, 0.15) is 38.2 Å². The van der Waals surface area contributed by atoms with Crippen molar-refractivity contribution in [1.29, 1.82) is 0 Å². The Morgan fingerprint density at radius 3 is 2.83 bits per heavy atom. The summed E-state index contributed by atoms with van der Waals surface area (Å²) >= 11 is 3.52. The van der Waals surface area contributed by atoms with Crippen molar-refractivity contribution in [2.75, 3.05) is 13.2 Å². The molecule has 1 saturated carbocycles. The van der Waals surface area contributed by atoms with E-state index in [1.165, 1.54) is 31.2 Å². The Bertz CT molecular complexity index is 375. The van der Waals surface area contributed by atoms with Crippen molar-refractivity contribution in [3.63, 3.8) is 0 Å². The van der Waals surface area contributed by atoms with Gasteiger partial charge in [-0.15, -0.1) is 0 Å². The lowest BCUT2D eigenvalue weighted by atomic mass is 10.1. The van der Waals surface area contributed by atoms with E-state index in [9.17, 15) is 0 Å². The van der Waals surface area contributed by atoms with Gasteiger partial charge in [-0.2, -0.15) is 0 Å². The highest BCUT2D eigenvalue weighted by Gasteiger charge is 2.16. The molecule has 1 aromatic carbocycles. The van der Waals surface area contributed by atoms with Crippen LogP contribution in [-0.2, 0) is 6.54 Å². The molecule has 1 aliphatic rings. The van der Waals surface area contributed by atoms with E-state index in [0.29, 0.717) is 0 Å². The Balaban J connectivity index is 1.96. The topological polar surface area (TPSA) is 21.3 Å². The predicted octanol–water partition coefficient (Wildman–Crippen LogP) is 4.13. The zero-order valence-electron chi connectivity index (χ0n) is 11.0. The predicted molar refractivity (Wildman–Crippen MR) is 79.0 cm³/mol. The van der Waals surface area contributed by atoms with E-state index in [4.69, 9.17) is 4.74 Å². The zero-order valence-corrected chi connectivity index (χ0v) is 12.6. The van der Waals surface area contributed by atoms with Gasteiger partial charge >= 0.3 is 0 Å². The SMILES string of the molecule is CCNCc1cc(Br)ccc1OCC1CCCC1. The third-order valence-electron chi connectivity index (χ3n) is 3.54. The molecule has 2 nitrogen and oxygen atoms in total. The summed E-state index contributed by atoms with van der Waals surface area (Å²) in [5.74, 6) is 1.80. The van der Waals surface area contributed by atoms with E-state index in [1.807, 2.05) is 0 Å². The highest BCUT2D eigenvalue weighted by Crippen LogP contribution is 2.28. The summed E-state index contributed by atoms with van der Waals surface area (Å²) in [4.78, 5) is 0. The minimum absolute atomic E-state index is 0.764. The van der Waals surface area contributed by atoms with Gasteiger partial charge in [-0.25, -0.2) is 0 Å². The average molecular weight is 312 g/mol. The standard InChI is InChI=1S/C15H22BrNO/c1-2-17-10-13-9-14(16)7-8-15(13)18-11-12-5-3-4-6-12/h7-9,12,17H,2-6,10-11H2,1H3. The molecule has 1 aliphatic carbocycles. The maximum Gasteiger partial charge on any atom is 0.123 e. The number of ether oxygens (including phenoxy) is 1. The van der Waals surface area contributed by atoms with E-state index < -0.39 is 0 Å². The van der Waals surface area contributed by atoms with E-state index in [-0.39, 0.29) is 0 Å². The zero-order chi connectivity index (χ0) is 12.8. The molecule has 0 heterocycles. The van der Waals surface area contributed by atoms with Crippen molar-refractivity contribution < 1.29 is 4.74 Å². The lowest BCUT2D eigenvalue weighted by molar-refractivity contribution is 0.249. The molecule has 1 fully saturated rings. The summed E-state index contributed by atoms with van der Waals surface area (Å²) in [6.07, 6.45) is 5.41. The van der Waals surface area contributed by atoms with Gasteiger partial charge in [0.05, 0.1) is 6.61 Å². The Hall–Kier alpha value is -0.540. The van der Waals surface area contributed by atoms with Crippen molar-refractivity contribution in [2.45, 2.75) is 39.2 Å². The van der Waals surface area contributed by atoms with Crippen LogP contribution in [0.2, 0.25) is 0 Å². The van der Waals surface area contributed by atoms with Crippen LogP contribution in [0.3, 0.4) is 0 Å². The van der Waals surface area contributed by atoms with Gasteiger partial charge in [0, 0.05) is 16.6 Å². The van der Waals surface area contributed by atoms with Crippen LogP contribution in [0.5, 0.6) is 5.75 Å². The number of halogens is 1. The van der Waals surface area contributed by atoms with Crippen LogP contribution in [0.25, 0.3) is 0 Å². The summed E-state index contributed by atoms with van der Waals surface area (Å²) in [5.41, 5.74) is 1.24. The summed E-state index contributed by atoms with van der Waals surface area (Å²) in [6.45, 7) is 4.85. The van der Waals surface area contributed by atoms with Crippen LogP contribution in [-0.4, -0.2) is 13.2 Å². The minimum atomic E-state index is 0.764. The number of rotatable bonds is 6. The molecule has 0 unspecified atom stereocenters. The monoisotopic (exact) mass is 311 g/mol. The van der Waals surface area contributed by atoms with Crippen LogP contribution >= 0.6 is 15.9 Å². The first-order valence-corrected chi connectivity index (χ1v) is 7.71. The third-order valence-corrected chi connectivity index (χ3v) is 4.03. The molecule has 1 aromatic rings. The van der Waals surface area contributed by atoms with Gasteiger partial charge in [0.25, 0.3) is 0 Å². The number of hydrogen-bond acceptors (Lipinski definition) is 2. The van der Waals surface area contributed by atoms with Crippen molar-refractivity contribution >= 4 is 15.9 Å². The molecule has 0 spiro atoms. The smallest absolute Gasteiger partial charge is 0.123 e. The molecule has 0 amide bonds. The minimum Gasteiger partial charge on any atom is -0.493 e. The fourth-order valence-electron chi connectivity index (χ4n) is 2.47. The molecule has 1 N–H and O–H groups in total. The third kappa shape index (κ3) is 3.99. The van der Waals surface area contributed by atoms with E-state index >= 15 is 0 Å². The Morgan fingerprint density at radius 2 is 2.11 bits per heavy atom. The lowest BCUT2D eigenvalue weighted by Crippen LogP contribution is -2.14. The first-order valence-electron chi connectivity index (χ1n) is 6.91. The first-order chi connectivity index (χ1) is 8.79. The number of hydrogen-bond donors (Lipinski definition) is 1. The second-order valence-electron chi connectivity index (χ2n) is 4.99. The molecule has 0 atom stereocenters. The van der Waals surface area contributed by atoms with Crippen molar-refractivity contribution in [2.24, 2.45) is 5.92 Å². The van der Waals surface area contributed by atoms with Crippen LogP contribution in [0.15, 0.2) is 22.7 Å². The Morgan fingerprint density at radius 1 is 1.33 bits per heavy atom. The maximum atomic E-state index is 6.01. The van der Waals surface area contributed by atoms with Gasteiger partial charge in [0.15, 0.2) is 0 Å². The van der Waals surface area contributed by atoms with E-state index in [1.54, 1.807) is 0 Å². The summed E-state index contributed by atoms with van der Waals surface area (Å²) in [7, 11) is 0. The Kier molecular flexibility index (Phi) is 5.51. The van der Waals surface area contributed by atoms with Gasteiger partial charge in [0.1, 0.15) is 5.75 Å². The summed E-state index contributed by atoms with van der Waals surface area (Å²) < 4.78 is 7.13. The van der Waals surface area contributed by atoms with Crippen molar-refractivity contribution in [1.82, 2.24) is 5.32 Å². The van der Waals surface area contributed by atoms with Gasteiger partial charge in [0.2, 0.25) is 0 Å². The van der Waals surface area contributed by atoms with E-state index in [0.717, 1.165) is 35.8 Å². The molecule has 2 rings (SSSR count). The fourth-order valence-corrected chi connectivity index (χ4v) is 2.88. The van der Waals surface area contributed by atoms with Crippen LogP contribution in [0.4, 0.5) is 0 Å². The van der Waals surface area contributed by atoms with Gasteiger partial charge < -0.3 is 10.1 Å². The quantitative estimate of drug-likeness (QED) is 0.853. The number of benzene rings is 1. The second kappa shape index (κ2) is 7.15. The van der Waals surface area contributed by atoms with Crippen LogP contribution in [0, 0.1) is 5.92 Å². The average Bonchev–Trinajstić information content (AvgIpc) is 2.88. The van der Waals surface area contributed by atoms with Gasteiger partial charge in [-0.05, 0) is 43.5 Å². The first kappa shape index (κ1) is 13.9. The molecule has 0 aliphatic heterocycles. The van der Waals surface area contributed by atoms with Crippen molar-refractivity contribution in [3.05, 3.63) is 28.2 Å². The Labute approximate surface area is 118 Å². The largest absolute Gasteiger partial charge is 0.493 e. The normalized spacial score (nSPS) is 16.1. The van der Waals surface area contributed by atoms with Crippen LogP contribution < -0.4 is 10.1 Å². The molecule has 0 radical (unpaired) electrons. The highest BCUT2D eigenvalue weighted by atomic mass is 79.9. The summed E-state index contributed by atoms with van der Waals surface area (Å²) in [5, 5.41) is 3.36. The molecular weight excluding hydrogens is 290 g/mol. The molecule has 100 valence electrons. The fraction of sp³-hybridized carbons (Fsp3) is 0.600. The molecule has 0 aromatic heterocycles. The van der Waals surface area contributed by atoms with Crippen molar-refractivity contribution in [3.8, 4) is 5.75 Å². The molecule has 18 heavy (non-hydrogen) atoms.